The molecule has 2 aliphatic heterocycles. The van der Waals surface area contributed by atoms with Crippen molar-refractivity contribution in [3.8, 4) is 0 Å². The third kappa shape index (κ3) is 5.61. The second-order valence-corrected chi connectivity index (χ2v) is 11.4. The Morgan fingerprint density at radius 1 is 1.30 bits per heavy atom. The highest BCUT2D eigenvalue weighted by molar-refractivity contribution is 7.99. The van der Waals surface area contributed by atoms with Gasteiger partial charge in [0, 0.05) is 54.2 Å². The SMILES string of the molecule is C[C@@H]1SCc2ncnc(N3CCN(C(=O)C(Cc4ccc(Cl)c(F)c4)CC(C)(C)N)CC3)c21. The minimum absolute atomic E-state index is 0.0698. The van der Waals surface area contributed by atoms with Crippen LogP contribution in [0.25, 0.3) is 0 Å². The first kappa shape index (κ1) is 24.2. The maximum Gasteiger partial charge on any atom is 0.226 e. The highest BCUT2D eigenvalue weighted by Crippen LogP contribution is 2.44. The van der Waals surface area contributed by atoms with Crippen LogP contribution in [-0.2, 0) is 17.0 Å². The highest BCUT2D eigenvalue weighted by atomic mass is 35.5. The summed E-state index contributed by atoms with van der Waals surface area (Å²) in [6.45, 7) is 8.72. The fourth-order valence-corrected chi connectivity index (χ4v) is 5.89. The first-order valence-electron chi connectivity index (χ1n) is 11.3. The summed E-state index contributed by atoms with van der Waals surface area (Å²) >= 11 is 7.71. The van der Waals surface area contributed by atoms with Crippen molar-refractivity contribution in [2.24, 2.45) is 11.7 Å². The number of piperazine rings is 1. The number of hydrogen-bond donors (Lipinski definition) is 1. The lowest BCUT2D eigenvalue weighted by molar-refractivity contribution is -0.136. The van der Waals surface area contributed by atoms with Crippen LogP contribution in [0.2, 0.25) is 5.02 Å². The van der Waals surface area contributed by atoms with Crippen LogP contribution >= 0.6 is 23.4 Å². The fraction of sp³-hybridized carbons (Fsp3) is 0.542. The van der Waals surface area contributed by atoms with Crippen molar-refractivity contribution in [2.45, 2.75) is 50.2 Å². The number of nitrogens with two attached hydrogens (primary N) is 1. The Hall–Kier alpha value is -1.90. The van der Waals surface area contributed by atoms with E-state index in [4.69, 9.17) is 17.3 Å². The Morgan fingerprint density at radius 3 is 2.70 bits per heavy atom. The first-order valence-corrected chi connectivity index (χ1v) is 12.8. The largest absolute Gasteiger partial charge is 0.353 e. The van der Waals surface area contributed by atoms with E-state index >= 15 is 0 Å². The zero-order valence-electron chi connectivity index (χ0n) is 19.4. The number of benzene rings is 1. The van der Waals surface area contributed by atoms with Crippen LogP contribution < -0.4 is 10.6 Å². The van der Waals surface area contributed by atoms with Gasteiger partial charge in [0.15, 0.2) is 0 Å². The van der Waals surface area contributed by atoms with E-state index < -0.39 is 11.4 Å². The molecule has 0 aliphatic carbocycles. The van der Waals surface area contributed by atoms with Gasteiger partial charge < -0.3 is 15.5 Å². The Balaban J connectivity index is 1.46. The number of carbonyl (C=O) groups is 1. The normalized spacial score (nSPS) is 19.5. The van der Waals surface area contributed by atoms with Gasteiger partial charge in [0.1, 0.15) is 18.0 Å². The third-order valence-electron chi connectivity index (χ3n) is 6.30. The monoisotopic (exact) mass is 491 g/mol. The number of hydrogen-bond acceptors (Lipinski definition) is 6. The molecule has 0 saturated carbocycles. The molecule has 2 aliphatic rings. The number of carbonyl (C=O) groups excluding carboxylic acids is 1. The van der Waals surface area contributed by atoms with E-state index in [1.807, 2.05) is 30.5 Å². The zero-order valence-corrected chi connectivity index (χ0v) is 20.9. The molecule has 6 nitrogen and oxygen atoms in total. The molecule has 0 radical (unpaired) electrons. The maximum absolute atomic E-state index is 14.0. The van der Waals surface area contributed by atoms with Gasteiger partial charge in [0.05, 0.1) is 10.7 Å². The predicted molar refractivity (Wildman–Crippen MR) is 132 cm³/mol. The van der Waals surface area contributed by atoms with E-state index in [-0.39, 0.29) is 16.8 Å². The highest BCUT2D eigenvalue weighted by Gasteiger charge is 2.33. The molecule has 2 atom stereocenters. The number of thioether (sulfide) groups is 1. The van der Waals surface area contributed by atoms with Crippen LogP contribution in [0.1, 0.15) is 49.3 Å². The van der Waals surface area contributed by atoms with Gasteiger partial charge in [-0.2, -0.15) is 0 Å². The molecule has 178 valence electrons. The van der Waals surface area contributed by atoms with Crippen LogP contribution in [-0.4, -0.2) is 52.5 Å². The van der Waals surface area contributed by atoms with Crippen LogP contribution in [0.3, 0.4) is 0 Å². The summed E-state index contributed by atoms with van der Waals surface area (Å²) in [6.07, 6.45) is 2.60. The topological polar surface area (TPSA) is 75.4 Å². The number of halogens is 2. The lowest BCUT2D eigenvalue weighted by Crippen LogP contribution is -2.52. The van der Waals surface area contributed by atoms with Crippen molar-refractivity contribution in [3.63, 3.8) is 0 Å². The van der Waals surface area contributed by atoms with E-state index in [0.717, 1.165) is 35.9 Å². The van der Waals surface area contributed by atoms with E-state index in [1.54, 1.807) is 18.5 Å². The van der Waals surface area contributed by atoms with Gasteiger partial charge in [-0.15, -0.1) is 11.8 Å². The van der Waals surface area contributed by atoms with Gasteiger partial charge in [-0.1, -0.05) is 17.7 Å². The van der Waals surface area contributed by atoms with Crippen molar-refractivity contribution < 1.29 is 9.18 Å². The number of aromatic nitrogens is 2. The summed E-state index contributed by atoms with van der Waals surface area (Å²) in [5.41, 5.74) is 8.88. The molecular weight excluding hydrogens is 461 g/mol. The molecule has 1 aromatic heterocycles. The average Bonchev–Trinajstić information content (AvgIpc) is 3.16. The number of anilines is 1. The quantitative estimate of drug-likeness (QED) is 0.652. The van der Waals surface area contributed by atoms with Gasteiger partial charge in [-0.25, -0.2) is 14.4 Å². The molecule has 9 heteroatoms. The van der Waals surface area contributed by atoms with Gasteiger partial charge >= 0.3 is 0 Å². The Kier molecular flexibility index (Phi) is 7.17. The summed E-state index contributed by atoms with van der Waals surface area (Å²) < 4.78 is 14.0. The molecule has 33 heavy (non-hydrogen) atoms. The molecule has 2 N–H and O–H groups in total. The summed E-state index contributed by atoms with van der Waals surface area (Å²) in [7, 11) is 0. The summed E-state index contributed by atoms with van der Waals surface area (Å²) in [5.74, 6) is 1.20. The summed E-state index contributed by atoms with van der Waals surface area (Å²) in [6, 6.07) is 4.74. The van der Waals surface area contributed by atoms with E-state index in [9.17, 15) is 9.18 Å². The second-order valence-electron chi connectivity index (χ2n) is 9.67. The van der Waals surface area contributed by atoms with Crippen LogP contribution in [0.5, 0.6) is 0 Å². The molecular formula is C24H31ClFN5OS. The maximum atomic E-state index is 14.0. The standard InChI is InChI=1S/C24H31ClFN5OS/c1-15-21-20(13-33-15)28-14-29-22(21)30-6-8-31(9-7-30)23(32)17(12-24(2,3)27)10-16-4-5-18(25)19(26)11-16/h4-5,11,14-15,17H,6-10,12-13,27H2,1-3H3/t15-,17?/m0/s1. The van der Waals surface area contributed by atoms with Gasteiger partial charge in [-0.3, -0.25) is 4.79 Å². The zero-order chi connectivity index (χ0) is 23.8. The Labute approximate surface area is 204 Å². The van der Waals surface area contributed by atoms with Crippen LogP contribution in [0.4, 0.5) is 10.2 Å². The lowest BCUT2D eigenvalue weighted by Gasteiger charge is -2.38. The van der Waals surface area contributed by atoms with Crippen LogP contribution in [0, 0.1) is 11.7 Å². The number of rotatable bonds is 6. The molecule has 1 unspecified atom stereocenters. The molecule has 4 rings (SSSR count). The van der Waals surface area contributed by atoms with E-state index in [1.165, 1.54) is 11.6 Å². The van der Waals surface area contributed by atoms with Crippen molar-refractivity contribution in [1.82, 2.24) is 14.9 Å². The molecule has 0 spiro atoms. The second kappa shape index (κ2) is 9.76. The predicted octanol–water partition coefficient (Wildman–Crippen LogP) is 4.21. The van der Waals surface area contributed by atoms with Crippen molar-refractivity contribution in [1.29, 1.82) is 0 Å². The molecule has 1 amide bonds. The molecule has 0 bridgehead atoms. The smallest absolute Gasteiger partial charge is 0.226 e. The molecule has 1 saturated heterocycles. The average molecular weight is 492 g/mol. The number of nitrogens with zero attached hydrogens (tertiary/aromatic N) is 4. The van der Waals surface area contributed by atoms with Crippen LogP contribution in [0.15, 0.2) is 24.5 Å². The first-order chi connectivity index (χ1) is 15.6. The van der Waals surface area contributed by atoms with Gasteiger partial charge in [0.25, 0.3) is 0 Å². The van der Waals surface area contributed by atoms with Gasteiger partial charge in [-0.05, 0) is 51.3 Å². The number of amides is 1. The van der Waals surface area contributed by atoms with Crippen molar-refractivity contribution in [2.75, 3.05) is 31.1 Å². The lowest BCUT2D eigenvalue weighted by atomic mass is 9.86. The summed E-state index contributed by atoms with van der Waals surface area (Å²) in [4.78, 5) is 26.7. The third-order valence-corrected chi connectivity index (χ3v) is 7.78. The Morgan fingerprint density at radius 2 is 2.03 bits per heavy atom. The number of fused-ring (bicyclic) bond motifs is 1. The molecule has 2 aromatic rings. The van der Waals surface area contributed by atoms with Crippen molar-refractivity contribution in [3.05, 3.63) is 52.2 Å². The van der Waals surface area contributed by atoms with Crippen molar-refractivity contribution >= 4 is 35.1 Å². The van der Waals surface area contributed by atoms with E-state index in [0.29, 0.717) is 31.2 Å². The molecule has 3 heterocycles. The fourth-order valence-electron chi connectivity index (χ4n) is 4.72. The Bertz CT molecular complexity index is 1020. The minimum Gasteiger partial charge on any atom is -0.353 e. The minimum atomic E-state index is -0.511. The van der Waals surface area contributed by atoms with Gasteiger partial charge in [0.2, 0.25) is 5.91 Å². The van der Waals surface area contributed by atoms with E-state index in [2.05, 4.69) is 21.8 Å². The molecule has 1 fully saturated rings. The summed E-state index contributed by atoms with van der Waals surface area (Å²) in [5, 5.41) is 0.465. The molecule has 1 aromatic carbocycles.